The van der Waals surface area contributed by atoms with E-state index in [1.54, 1.807) is 0 Å². The van der Waals surface area contributed by atoms with E-state index in [0.29, 0.717) is 24.0 Å². The first-order valence-corrected chi connectivity index (χ1v) is 5.16. The van der Waals surface area contributed by atoms with Crippen molar-refractivity contribution < 1.29 is 4.79 Å². The molecule has 0 heterocycles. The summed E-state index contributed by atoms with van der Waals surface area (Å²) in [7, 11) is 0. The van der Waals surface area contributed by atoms with Crippen LogP contribution in [0.3, 0.4) is 0 Å². The molecule has 0 aromatic heterocycles. The molecule has 0 aliphatic heterocycles. The Kier molecular flexibility index (Phi) is 3.30. The summed E-state index contributed by atoms with van der Waals surface area (Å²) in [6, 6.07) is 1.86. The highest BCUT2D eigenvalue weighted by atomic mass is 16.1. The molecule has 16 heavy (non-hydrogen) atoms. The maximum Gasteiger partial charge on any atom is 0.265 e. The van der Waals surface area contributed by atoms with Gasteiger partial charge in [0.05, 0.1) is 12.6 Å². The van der Waals surface area contributed by atoms with Crippen LogP contribution < -0.4 is 0 Å². The number of hydrogen-bond acceptors (Lipinski definition) is 2. The number of ketones is 1. The summed E-state index contributed by atoms with van der Waals surface area (Å²) in [6.07, 6.45) is 2.80. The molecule has 82 valence electrons. The van der Waals surface area contributed by atoms with E-state index in [4.69, 9.17) is 11.8 Å². The van der Waals surface area contributed by atoms with Crippen LogP contribution in [0.25, 0.3) is 4.85 Å². The van der Waals surface area contributed by atoms with Gasteiger partial charge in [-0.25, -0.2) is 10.1 Å². The summed E-state index contributed by atoms with van der Waals surface area (Å²) in [4.78, 5) is 14.9. The van der Waals surface area contributed by atoms with E-state index in [-0.39, 0.29) is 16.9 Å². The van der Waals surface area contributed by atoms with Crippen LogP contribution in [0.5, 0.6) is 0 Å². The molecule has 1 saturated carbocycles. The van der Waals surface area contributed by atoms with E-state index in [0.717, 1.165) is 0 Å². The van der Waals surface area contributed by atoms with Crippen molar-refractivity contribution >= 4 is 5.78 Å². The lowest BCUT2D eigenvalue weighted by molar-refractivity contribution is -0.114. The SMILES string of the molecule is [C-]#[N+]/C(C#N)=C1\CCC(=O)\C1=C/C(C)(C)C. The summed E-state index contributed by atoms with van der Waals surface area (Å²) in [5.74, 6) is 0.0429. The summed E-state index contributed by atoms with van der Waals surface area (Å²) < 4.78 is 0. The van der Waals surface area contributed by atoms with Gasteiger partial charge in [-0.05, 0) is 17.4 Å². The molecule has 0 atom stereocenters. The molecule has 0 aromatic carbocycles. The first-order chi connectivity index (χ1) is 7.39. The summed E-state index contributed by atoms with van der Waals surface area (Å²) in [5.41, 5.74) is 1.13. The van der Waals surface area contributed by atoms with Gasteiger partial charge in [-0.15, -0.1) is 0 Å². The van der Waals surface area contributed by atoms with Crippen LogP contribution in [0.2, 0.25) is 0 Å². The lowest BCUT2D eigenvalue weighted by atomic mass is 9.91. The van der Waals surface area contributed by atoms with Gasteiger partial charge in [0.1, 0.15) is 0 Å². The highest BCUT2D eigenvalue weighted by molar-refractivity contribution is 6.03. The van der Waals surface area contributed by atoms with Crippen molar-refractivity contribution in [2.24, 2.45) is 5.41 Å². The monoisotopic (exact) mass is 214 g/mol. The van der Waals surface area contributed by atoms with Crippen molar-refractivity contribution in [3.05, 3.63) is 34.3 Å². The van der Waals surface area contributed by atoms with E-state index >= 15 is 0 Å². The van der Waals surface area contributed by atoms with Crippen LogP contribution in [0.4, 0.5) is 0 Å². The number of allylic oxidation sites excluding steroid dienone is 4. The van der Waals surface area contributed by atoms with Gasteiger partial charge >= 0.3 is 0 Å². The van der Waals surface area contributed by atoms with E-state index in [2.05, 4.69) is 4.85 Å². The standard InChI is InChI=1S/C13H14N2O/c1-13(2,3)7-10-9(5-6-12(10)16)11(8-14)15-4/h7H,5-6H2,1-3H3/b10-7-,11-9+. The minimum Gasteiger partial charge on any atom is -0.294 e. The zero-order valence-corrected chi connectivity index (χ0v) is 9.79. The minimum absolute atomic E-state index is 0.0429. The van der Waals surface area contributed by atoms with Crippen molar-refractivity contribution in [1.29, 1.82) is 5.26 Å². The molecule has 0 N–H and O–H groups in total. The van der Waals surface area contributed by atoms with Crippen LogP contribution in [-0.2, 0) is 4.79 Å². The Morgan fingerprint density at radius 1 is 1.50 bits per heavy atom. The lowest BCUT2D eigenvalue weighted by Crippen LogP contribution is -2.05. The first kappa shape index (κ1) is 12.2. The highest BCUT2D eigenvalue weighted by Gasteiger charge is 2.27. The molecular weight excluding hydrogens is 200 g/mol. The van der Waals surface area contributed by atoms with Crippen LogP contribution in [0.1, 0.15) is 33.6 Å². The fraction of sp³-hybridized carbons (Fsp3) is 0.462. The molecule has 0 aromatic rings. The predicted octanol–water partition coefficient (Wildman–Crippen LogP) is 3.02. The number of rotatable bonds is 0. The second-order valence-electron chi connectivity index (χ2n) is 4.90. The van der Waals surface area contributed by atoms with Crippen molar-refractivity contribution in [1.82, 2.24) is 0 Å². The molecule has 1 aliphatic carbocycles. The summed E-state index contributed by atoms with van der Waals surface area (Å²) >= 11 is 0. The van der Waals surface area contributed by atoms with Crippen LogP contribution >= 0.6 is 0 Å². The van der Waals surface area contributed by atoms with Crippen molar-refractivity contribution in [2.75, 3.05) is 0 Å². The van der Waals surface area contributed by atoms with Gasteiger partial charge in [-0.2, -0.15) is 0 Å². The first-order valence-electron chi connectivity index (χ1n) is 5.16. The van der Waals surface area contributed by atoms with Crippen LogP contribution in [-0.4, -0.2) is 5.78 Å². The topological polar surface area (TPSA) is 45.2 Å². The van der Waals surface area contributed by atoms with Gasteiger partial charge in [-0.3, -0.25) is 4.79 Å². The molecule has 0 bridgehead atoms. The van der Waals surface area contributed by atoms with Crippen molar-refractivity contribution in [3.63, 3.8) is 0 Å². The zero-order chi connectivity index (χ0) is 12.3. The third-order valence-electron chi connectivity index (χ3n) is 2.31. The number of hydrogen-bond donors (Lipinski definition) is 0. The number of nitrogens with zero attached hydrogens (tertiary/aromatic N) is 2. The third-order valence-corrected chi connectivity index (χ3v) is 2.31. The van der Waals surface area contributed by atoms with Gasteiger partial charge in [0.15, 0.2) is 5.78 Å². The van der Waals surface area contributed by atoms with Crippen LogP contribution in [0, 0.1) is 23.3 Å². The summed E-state index contributed by atoms with van der Waals surface area (Å²) in [5, 5.41) is 8.83. The number of carbonyl (C=O) groups excluding carboxylic acids is 1. The maximum atomic E-state index is 11.7. The Bertz CT molecular complexity index is 446. The fourth-order valence-electron chi connectivity index (χ4n) is 1.68. The van der Waals surface area contributed by atoms with E-state index in [1.165, 1.54) is 0 Å². The van der Waals surface area contributed by atoms with Crippen molar-refractivity contribution in [3.8, 4) is 6.07 Å². The number of carbonyl (C=O) groups is 1. The highest BCUT2D eigenvalue weighted by Crippen LogP contribution is 2.33. The Morgan fingerprint density at radius 2 is 2.12 bits per heavy atom. The normalized spacial score (nSPS) is 21.8. The molecule has 1 aliphatic rings. The molecule has 0 saturated heterocycles. The third kappa shape index (κ3) is 2.58. The van der Waals surface area contributed by atoms with E-state index in [9.17, 15) is 4.79 Å². The average Bonchev–Trinajstić information content (AvgIpc) is 2.50. The second kappa shape index (κ2) is 4.33. The zero-order valence-electron chi connectivity index (χ0n) is 9.79. The quantitative estimate of drug-likeness (QED) is 0.353. The van der Waals surface area contributed by atoms with Crippen molar-refractivity contribution in [2.45, 2.75) is 33.6 Å². The van der Waals surface area contributed by atoms with Crippen LogP contribution in [0.15, 0.2) is 22.9 Å². The molecule has 0 spiro atoms. The molecule has 0 unspecified atom stereocenters. The molecule has 0 radical (unpaired) electrons. The Labute approximate surface area is 95.9 Å². The molecule has 3 nitrogen and oxygen atoms in total. The summed E-state index contributed by atoms with van der Waals surface area (Å²) in [6.45, 7) is 12.9. The molecule has 1 fully saturated rings. The van der Waals surface area contributed by atoms with Gasteiger partial charge in [0.2, 0.25) is 0 Å². The molecular formula is C13H14N2O. The Morgan fingerprint density at radius 3 is 2.56 bits per heavy atom. The second-order valence-corrected chi connectivity index (χ2v) is 4.90. The van der Waals surface area contributed by atoms with Gasteiger partial charge in [-0.1, -0.05) is 26.8 Å². The predicted molar refractivity (Wildman–Crippen MR) is 61.0 cm³/mol. The smallest absolute Gasteiger partial charge is 0.265 e. The fourth-order valence-corrected chi connectivity index (χ4v) is 1.68. The molecule has 0 amide bonds. The number of nitriles is 1. The average molecular weight is 214 g/mol. The van der Waals surface area contributed by atoms with E-state index < -0.39 is 0 Å². The Hall–Kier alpha value is -1.87. The van der Waals surface area contributed by atoms with Gasteiger partial charge in [0, 0.05) is 12.0 Å². The lowest BCUT2D eigenvalue weighted by Gasteiger charge is -2.14. The Balaban J connectivity index is 3.32. The van der Waals surface area contributed by atoms with Gasteiger partial charge < -0.3 is 0 Å². The maximum absolute atomic E-state index is 11.7. The molecule has 1 rings (SSSR count). The minimum atomic E-state index is -0.122. The van der Waals surface area contributed by atoms with E-state index in [1.807, 2.05) is 32.9 Å². The van der Waals surface area contributed by atoms with Gasteiger partial charge in [0.25, 0.3) is 5.70 Å². The molecule has 3 heteroatoms. The number of Topliss-reactive ketones (excluding diaryl/α,β-unsaturated/α-hetero) is 1. The largest absolute Gasteiger partial charge is 0.294 e.